The molecule has 4 aromatic heterocycles. The van der Waals surface area contributed by atoms with Crippen molar-refractivity contribution in [3.63, 3.8) is 0 Å². The van der Waals surface area contributed by atoms with E-state index in [0.29, 0.717) is 0 Å². The van der Waals surface area contributed by atoms with Gasteiger partial charge in [-0.15, -0.1) is 0 Å². The molecule has 0 atom stereocenters. The van der Waals surface area contributed by atoms with Crippen LogP contribution in [0.5, 0.6) is 0 Å². The van der Waals surface area contributed by atoms with Gasteiger partial charge in [0.15, 0.2) is 0 Å². The van der Waals surface area contributed by atoms with Gasteiger partial charge in [0.05, 0.1) is 0 Å². The molecule has 0 radical (unpaired) electrons. The fourth-order valence-electron chi connectivity index (χ4n) is 5.33. The summed E-state index contributed by atoms with van der Waals surface area (Å²) in [6.45, 7) is 0. The van der Waals surface area contributed by atoms with E-state index in [1.54, 1.807) is 0 Å². The Morgan fingerprint density at radius 1 is 0.316 bits per heavy atom. The summed E-state index contributed by atoms with van der Waals surface area (Å²) in [7, 11) is 0. The van der Waals surface area contributed by atoms with Gasteiger partial charge >= 0.3 is 0 Å². The maximum atomic E-state index is 3.47. The summed E-state index contributed by atoms with van der Waals surface area (Å²) in [5, 5.41) is 5.09. The average molecular weight is 493 g/mol. The van der Waals surface area contributed by atoms with Gasteiger partial charge < -0.3 is 19.9 Å². The molecule has 0 bridgehead atoms. The number of aromatic amines is 4. The molecule has 4 aromatic carbocycles. The molecule has 0 unspecified atom stereocenters. The van der Waals surface area contributed by atoms with Crippen LogP contribution < -0.4 is 0 Å². The SMILES string of the molecule is c1ccc2[nH]c(Cc3cc4ccccc4[nH]3)cc2c1.c1ccc2[nH]c(Cc3cc4ccccc4[nH]3)cc2c1. The molecule has 0 saturated heterocycles. The van der Waals surface area contributed by atoms with Crippen molar-refractivity contribution >= 4 is 43.6 Å². The summed E-state index contributed by atoms with van der Waals surface area (Å²) >= 11 is 0. The van der Waals surface area contributed by atoms with E-state index in [1.165, 1.54) is 66.4 Å². The van der Waals surface area contributed by atoms with Gasteiger partial charge in [0.25, 0.3) is 0 Å². The van der Waals surface area contributed by atoms with Crippen LogP contribution in [0.3, 0.4) is 0 Å². The Kier molecular flexibility index (Phi) is 5.56. The molecule has 4 heterocycles. The van der Waals surface area contributed by atoms with Gasteiger partial charge in [-0.1, -0.05) is 72.8 Å². The Morgan fingerprint density at radius 2 is 0.553 bits per heavy atom. The Balaban J connectivity index is 0.000000127. The van der Waals surface area contributed by atoms with Gasteiger partial charge in [-0.05, 0) is 70.1 Å². The lowest BCUT2D eigenvalue weighted by Crippen LogP contribution is -1.87. The van der Waals surface area contributed by atoms with Crippen LogP contribution in [0.15, 0.2) is 121 Å². The number of hydrogen-bond acceptors (Lipinski definition) is 0. The molecule has 0 aliphatic rings. The summed E-state index contributed by atoms with van der Waals surface area (Å²) in [4.78, 5) is 13.9. The monoisotopic (exact) mass is 492 g/mol. The molecule has 0 aliphatic heterocycles. The Hall–Kier alpha value is -4.96. The van der Waals surface area contributed by atoms with Crippen LogP contribution in [-0.4, -0.2) is 19.9 Å². The summed E-state index contributed by atoms with van der Waals surface area (Å²) in [6.07, 6.45) is 1.81. The Labute approximate surface area is 220 Å². The molecule has 8 rings (SSSR count). The number of H-pyrrole nitrogens is 4. The second-order valence-electron chi connectivity index (χ2n) is 9.88. The van der Waals surface area contributed by atoms with E-state index in [9.17, 15) is 0 Å². The third-order valence-electron chi connectivity index (χ3n) is 7.10. The van der Waals surface area contributed by atoms with E-state index < -0.39 is 0 Å². The molecule has 0 fully saturated rings. The number of para-hydroxylation sites is 4. The van der Waals surface area contributed by atoms with Gasteiger partial charge in [0.1, 0.15) is 0 Å². The quantitative estimate of drug-likeness (QED) is 0.190. The minimum absolute atomic E-state index is 0.906. The first kappa shape index (κ1) is 22.3. The molecule has 184 valence electrons. The molecule has 0 spiro atoms. The fraction of sp³-hybridized carbons (Fsp3) is 0.0588. The van der Waals surface area contributed by atoms with Crippen LogP contribution in [0.25, 0.3) is 43.6 Å². The number of nitrogens with one attached hydrogen (secondary N) is 4. The van der Waals surface area contributed by atoms with Crippen molar-refractivity contribution in [3.05, 3.63) is 144 Å². The lowest BCUT2D eigenvalue weighted by molar-refractivity contribution is 1.07. The minimum Gasteiger partial charge on any atom is -0.358 e. The van der Waals surface area contributed by atoms with Crippen molar-refractivity contribution in [2.75, 3.05) is 0 Å². The summed E-state index contributed by atoms with van der Waals surface area (Å²) in [5.41, 5.74) is 9.78. The maximum absolute atomic E-state index is 3.47. The first-order valence-corrected chi connectivity index (χ1v) is 13.0. The highest BCUT2D eigenvalue weighted by atomic mass is 14.8. The van der Waals surface area contributed by atoms with E-state index >= 15 is 0 Å². The second-order valence-corrected chi connectivity index (χ2v) is 9.88. The minimum atomic E-state index is 0.906. The van der Waals surface area contributed by atoms with Crippen molar-refractivity contribution < 1.29 is 0 Å². The molecule has 4 heteroatoms. The summed E-state index contributed by atoms with van der Waals surface area (Å²) < 4.78 is 0. The van der Waals surface area contributed by atoms with Crippen molar-refractivity contribution in [3.8, 4) is 0 Å². The molecule has 8 aromatic rings. The Bertz CT molecular complexity index is 1570. The van der Waals surface area contributed by atoms with Crippen molar-refractivity contribution in [2.45, 2.75) is 12.8 Å². The van der Waals surface area contributed by atoms with Crippen LogP contribution in [0.2, 0.25) is 0 Å². The van der Waals surface area contributed by atoms with Crippen LogP contribution in [0.4, 0.5) is 0 Å². The van der Waals surface area contributed by atoms with Gasteiger partial charge in [-0.2, -0.15) is 0 Å². The van der Waals surface area contributed by atoms with Crippen molar-refractivity contribution in [1.29, 1.82) is 0 Å². The molecule has 4 nitrogen and oxygen atoms in total. The highest BCUT2D eigenvalue weighted by molar-refractivity contribution is 5.83. The highest BCUT2D eigenvalue weighted by Gasteiger charge is 2.05. The second kappa shape index (κ2) is 9.49. The smallest absolute Gasteiger partial charge is 0.0456 e. The molecule has 0 aliphatic carbocycles. The number of fused-ring (bicyclic) bond motifs is 4. The van der Waals surface area contributed by atoms with Crippen LogP contribution in [0.1, 0.15) is 22.8 Å². The van der Waals surface area contributed by atoms with Gasteiger partial charge in [-0.3, -0.25) is 0 Å². The molecule has 0 amide bonds. The maximum Gasteiger partial charge on any atom is 0.0456 e. The number of aromatic nitrogens is 4. The van der Waals surface area contributed by atoms with Crippen molar-refractivity contribution in [2.24, 2.45) is 0 Å². The van der Waals surface area contributed by atoms with Crippen LogP contribution in [-0.2, 0) is 12.8 Å². The standard InChI is InChI=1S/2C17H14N2/c2*1-3-7-16-12(5-1)9-14(18-16)11-15-10-13-6-2-4-8-17(13)19-15/h2*1-10,18-19H,11H2. The van der Waals surface area contributed by atoms with E-state index in [-0.39, 0.29) is 0 Å². The first-order chi connectivity index (χ1) is 18.8. The molecule has 4 N–H and O–H groups in total. The van der Waals surface area contributed by atoms with Crippen LogP contribution in [0, 0.1) is 0 Å². The lowest BCUT2D eigenvalue weighted by atomic mass is 10.2. The van der Waals surface area contributed by atoms with E-state index in [4.69, 9.17) is 0 Å². The topological polar surface area (TPSA) is 63.2 Å². The first-order valence-electron chi connectivity index (χ1n) is 13.0. The molecule has 0 saturated carbocycles. The number of benzene rings is 4. The fourth-order valence-corrected chi connectivity index (χ4v) is 5.33. The number of hydrogen-bond donors (Lipinski definition) is 4. The largest absolute Gasteiger partial charge is 0.358 e. The summed E-state index contributed by atoms with van der Waals surface area (Å²) in [5.74, 6) is 0. The zero-order chi connectivity index (χ0) is 25.3. The third kappa shape index (κ3) is 4.48. The lowest BCUT2D eigenvalue weighted by Gasteiger charge is -1.93. The summed E-state index contributed by atoms with van der Waals surface area (Å²) in [6, 6.07) is 42.4. The normalized spacial score (nSPS) is 11.4. The zero-order valence-corrected chi connectivity index (χ0v) is 21.0. The van der Waals surface area contributed by atoms with Gasteiger partial charge in [-0.25, -0.2) is 0 Å². The Morgan fingerprint density at radius 3 is 0.789 bits per heavy atom. The average Bonchev–Trinajstić information content (AvgIpc) is 3.71. The molecular formula is C34H28N4. The van der Waals surface area contributed by atoms with Gasteiger partial charge in [0, 0.05) is 57.7 Å². The predicted molar refractivity (Wildman–Crippen MR) is 159 cm³/mol. The van der Waals surface area contributed by atoms with Crippen molar-refractivity contribution in [1.82, 2.24) is 19.9 Å². The van der Waals surface area contributed by atoms with E-state index in [0.717, 1.165) is 12.8 Å². The zero-order valence-electron chi connectivity index (χ0n) is 21.0. The highest BCUT2D eigenvalue weighted by Crippen LogP contribution is 2.21. The third-order valence-corrected chi connectivity index (χ3v) is 7.10. The molecular weight excluding hydrogens is 464 g/mol. The van der Waals surface area contributed by atoms with E-state index in [2.05, 4.69) is 141 Å². The van der Waals surface area contributed by atoms with Gasteiger partial charge in [0.2, 0.25) is 0 Å². The van der Waals surface area contributed by atoms with Crippen LogP contribution >= 0.6 is 0 Å². The van der Waals surface area contributed by atoms with E-state index in [1.807, 2.05) is 0 Å². The number of rotatable bonds is 4. The molecule has 38 heavy (non-hydrogen) atoms. The predicted octanol–water partition coefficient (Wildman–Crippen LogP) is 8.48.